The van der Waals surface area contributed by atoms with Gasteiger partial charge < -0.3 is 9.73 Å². The minimum Gasteiger partial charge on any atom is -0.459 e. The SMILES string of the molecule is NC(N[N+](=O)[O-])=[NH+]c1ccc(NC(=O)c2ccco2)cc1. The van der Waals surface area contributed by atoms with Crippen molar-refractivity contribution in [3.8, 4) is 0 Å². The number of hydrogen-bond acceptors (Lipinski definition) is 4. The predicted octanol–water partition coefficient (Wildman–Crippen LogP) is -0.660. The highest BCUT2D eigenvalue weighted by molar-refractivity contribution is 6.02. The summed E-state index contributed by atoms with van der Waals surface area (Å²) in [4.78, 5) is 24.5. The number of furan rings is 1. The molecule has 1 heterocycles. The average molecular weight is 290 g/mol. The van der Waals surface area contributed by atoms with Gasteiger partial charge in [0.15, 0.2) is 5.76 Å². The summed E-state index contributed by atoms with van der Waals surface area (Å²) in [5.41, 5.74) is 8.21. The van der Waals surface area contributed by atoms with E-state index in [4.69, 9.17) is 10.2 Å². The van der Waals surface area contributed by atoms with Crippen molar-refractivity contribution >= 4 is 23.2 Å². The topological polar surface area (TPSA) is 137 Å². The van der Waals surface area contributed by atoms with E-state index in [1.54, 1.807) is 41.8 Å². The molecule has 9 heteroatoms. The van der Waals surface area contributed by atoms with Gasteiger partial charge in [0.1, 0.15) is 0 Å². The number of nitrogens with one attached hydrogen (secondary N) is 3. The van der Waals surface area contributed by atoms with Gasteiger partial charge in [0, 0.05) is 11.1 Å². The van der Waals surface area contributed by atoms with Gasteiger partial charge in [-0.25, -0.2) is 15.1 Å². The van der Waals surface area contributed by atoms with E-state index in [1.807, 2.05) is 0 Å². The third kappa shape index (κ3) is 4.06. The highest BCUT2D eigenvalue weighted by atomic mass is 16.7. The summed E-state index contributed by atoms with van der Waals surface area (Å²) in [5.74, 6) is -0.390. The third-order valence-corrected chi connectivity index (χ3v) is 2.38. The largest absolute Gasteiger partial charge is 0.459 e. The minimum absolute atomic E-state index is 0.199. The van der Waals surface area contributed by atoms with Gasteiger partial charge in [-0.05, 0) is 36.4 Å². The molecule has 1 aromatic heterocycles. The molecule has 21 heavy (non-hydrogen) atoms. The molecule has 5 N–H and O–H groups in total. The molecular formula is C12H12N5O4+. The van der Waals surface area contributed by atoms with Gasteiger partial charge in [-0.3, -0.25) is 10.5 Å². The molecule has 0 atom stereocenters. The highest BCUT2D eigenvalue weighted by Gasteiger charge is 2.09. The summed E-state index contributed by atoms with van der Waals surface area (Å²) >= 11 is 0. The number of amides is 1. The predicted molar refractivity (Wildman–Crippen MR) is 73.1 cm³/mol. The van der Waals surface area contributed by atoms with Gasteiger partial charge in [0.25, 0.3) is 5.91 Å². The number of nitrogens with two attached hydrogens (primary N) is 1. The molecule has 108 valence electrons. The van der Waals surface area contributed by atoms with Crippen molar-refractivity contribution in [3.05, 3.63) is 58.5 Å². The molecule has 1 amide bonds. The van der Waals surface area contributed by atoms with Crippen LogP contribution in [0.15, 0.2) is 47.1 Å². The Morgan fingerprint density at radius 1 is 1.29 bits per heavy atom. The quantitative estimate of drug-likeness (QED) is 0.255. The van der Waals surface area contributed by atoms with E-state index < -0.39 is 5.03 Å². The van der Waals surface area contributed by atoms with Gasteiger partial charge in [-0.2, -0.15) is 0 Å². The maximum absolute atomic E-state index is 11.7. The molecule has 0 aliphatic carbocycles. The van der Waals surface area contributed by atoms with Crippen LogP contribution >= 0.6 is 0 Å². The molecule has 0 saturated heterocycles. The van der Waals surface area contributed by atoms with Crippen LogP contribution in [0.3, 0.4) is 0 Å². The number of hydrogen-bond donors (Lipinski definition) is 4. The summed E-state index contributed by atoms with van der Waals surface area (Å²) in [7, 11) is 0. The third-order valence-electron chi connectivity index (χ3n) is 2.38. The summed E-state index contributed by atoms with van der Waals surface area (Å²) < 4.78 is 4.96. The number of rotatable bonds is 4. The van der Waals surface area contributed by atoms with Crippen molar-refractivity contribution in [2.75, 3.05) is 5.32 Å². The summed E-state index contributed by atoms with van der Waals surface area (Å²) in [6, 6.07) is 9.59. The number of carbonyl (C=O) groups excluding carboxylic acids is 1. The highest BCUT2D eigenvalue weighted by Crippen LogP contribution is 2.11. The normalized spacial score (nSPS) is 11.0. The summed E-state index contributed by atoms with van der Waals surface area (Å²) in [6.45, 7) is 0. The number of benzene rings is 1. The van der Waals surface area contributed by atoms with Crippen molar-refractivity contribution in [3.63, 3.8) is 0 Å². The monoisotopic (exact) mass is 290 g/mol. The number of carbonyl (C=O) groups is 1. The number of nitro groups is 1. The Bertz CT molecular complexity index is 663. The molecule has 0 aliphatic heterocycles. The molecule has 0 bridgehead atoms. The Morgan fingerprint density at radius 3 is 2.57 bits per heavy atom. The smallest absolute Gasteiger partial charge is 0.408 e. The van der Waals surface area contributed by atoms with E-state index in [2.05, 4.69) is 10.3 Å². The maximum Gasteiger partial charge on any atom is 0.408 e. The van der Waals surface area contributed by atoms with E-state index in [0.717, 1.165) is 0 Å². The van der Waals surface area contributed by atoms with Gasteiger partial charge in [-0.15, -0.1) is 0 Å². The number of hydrazine groups is 1. The first-order chi connectivity index (χ1) is 10.0. The van der Waals surface area contributed by atoms with E-state index in [0.29, 0.717) is 11.4 Å². The lowest BCUT2D eigenvalue weighted by Gasteiger charge is -2.02. The van der Waals surface area contributed by atoms with Crippen LogP contribution in [0.1, 0.15) is 10.6 Å². The zero-order valence-electron chi connectivity index (χ0n) is 10.7. The van der Waals surface area contributed by atoms with Crippen molar-refractivity contribution in [2.24, 2.45) is 5.73 Å². The van der Waals surface area contributed by atoms with Gasteiger partial charge in [0.05, 0.1) is 12.0 Å². The molecule has 2 rings (SSSR count). The summed E-state index contributed by atoms with van der Waals surface area (Å²) in [5, 5.41) is 12.0. The molecule has 0 spiro atoms. The van der Waals surface area contributed by atoms with E-state index in [1.165, 1.54) is 6.26 Å². The first kappa shape index (κ1) is 14.1. The van der Waals surface area contributed by atoms with E-state index >= 15 is 0 Å². The summed E-state index contributed by atoms with van der Waals surface area (Å²) in [6.07, 6.45) is 1.41. The molecule has 0 aliphatic rings. The Morgan fingerprint density at radius 2 is 2.00 bits per heavy atom. The lowest BCUT2D eigenvalue weighted by Crippen LogP contribution is -2.74. The van der Waals surface area contributed by atoms with Crippen LogP contribution in [0.2, 0.25) is 0 Å². The van der Waals surface area contributed by atoms with Gasteiger partial charge in [0.2, 0.25) is 5.03 Å². The zero-order valence-corrected chi connectivity index (χ0v) is 10.7. The zero-order chi connectivity index (χ0) is 15.2. The van der Waals surface area contributed by atoms with Crippen molar-refractivity contribution in [1.82, 2.24) is 5.43 Å². The standard InChI is InChI=1S/C12H11N5O4/c13-12(16-17(19)20)15-9-5-3-8(4-6-9)14-11(18)10-2-1-7-21-10/h1-7H,(H,14,18)(H3,13,15,16)/p+1. The number of anilines is 1. The number of guanidine groups is 1. The molecule has 0 fully saturated rings. The van der Waals surface area contributed by atoms with Gasteiger partial charge in [-0.1, -0.05) is 0 Å². The molecule has 1 aromatic carbocycles. The van der Waals surface area contributed by atoms with Crippen molar-refractivity contribution in [2.45, 2.75) is 0 Å². The van der Waals surface area contributed by atoms with Crippen LogP contribution < -0.4 is 21.5 Å². The fourth-order valence-electron chi connectivity index (χ4n) is 1.52. The molecule has 0 radical (unpaired) electrons. The van der Waals surface area contributed by atoms with Crippen LogP contribution in [0.4, 0.5) is 11.4 Å². The Kier molecular flexibility index (Phi) is 4.14. The van der Waals surface area contributed by atoms with Crippen LogP contribution in [0.25, 0.3) is 0 Å². The van der Waals surface area contributed by atoms with E-state index in [9.17, 15) is 14.9 Å². The average Bonchev–Trinajstić information content (AvgIpc) is 2.94. The minimum atomic E-state index is -0.777. The van der Waals surface area contributed by atoms with Crippen molar-refractivity contribution in [1.29, 1.82) is 0 Å². The lowest BCUT2D eigenvalue weighted by atomic mass is 10.3. The lowest BCUT2D eigenvalue weighted by molar-refractivity contribution is -0.536. The molecule has 9 nitrogen and oxygen atoms in total. The Hall–Kier alpha value is -3.36. The Balaban J connectivity index is 2.02. The number of nitrogens with zero attached hydrogens (tertiary/aromatic N) is 1. The second kappa shape index (κ2) is 6.19. The van der Waals surface area contributed by atoms with Gasteiger partial charge >= 0.3 is 5.96 Å². The van der Waals surface area contributed by atoms with Crippen LogP contribution in [0.5, 0.6) is 0 Å². The Labute approximate surface area is 118 Å². The second-order valence-electron chi connectivity index (χ2n) is 3.92. The van der Waals surface area contributed by atoms with Crippen LogP contribution in [-0.2, 0) is 0 Å². The molecular weight excluding hydrogens is 278 g/mol. The van der Waals surface area contributed by atoms with Crippen LogP contribution in [-0.4, -0.2) is 16.9 Å². The fraction of sp³-hybridized carbons (Fsp3) is 0. The fourth-order valence-corrected chi connectivity index (χ4v) is 1.52. The van der Waals surface area contributed by atoms with E-state index in [-0.39, 0.29) is 17.6 Å². The maximum atomic E-state index is 11.7. The van der Waals surface area contributed by atoms with Crippen LogP contribution in [0, 0.1) is 10.1 Å². The first-order valence-electron chi connectivity index (χ1n) is 5.80. The molecule has 0 unspecified atom stereocenters. The molecule has 0 saturated carbocycles. The van der Waals surface area contributed by atoms with Crippen molar-refractivity contribution < 1.29 is 19.2 Å². The first-order valence-corrected chi connectivity index (χ1v) is 5.80. The molecule has 2 aromatic rings. The second-order valence-corrected chi connectivity index (χ2v) is 3.92.